The zero-order chi connectivity index (χ0) is 20.8. The molecule has 0 saturated heterocycles. The van der Waals surface area contributed by atoms with Crippen molar-refractivity contribution in [2.75, 3.05) is 0 Å². The number of aryl methyl sites for hydroxylation is 1. The summed E-state index contributed by atoms with van der Waals surface area (Å²) in [6, 6.07) is 8.34. The lowest BCUT2D eigenvalue weighted by Crippen LogP contribution is -2.18. The lowest BCUT2D eigenvalue weighted by atomic mass is 9.94. The van der Waals surface area contributed by atoms with Crippen molar-refractivity contribution in [1.29, 1.82) is 0 Å². The van der Waals surface area contributed by atoms with E-state index in [9.17, 15) is 22.4 Å². The van der Waals surface area contributed by atoms with E-state index in [-0.39, 0.29) is 26.9 Å². The number of hydrogen-bond donors (Lipinski definition) is 1. The van der Waals surface area contributed by atoms with Gasteiger partial charge in [0, 0.05) is 12.6 Å². The van der Waals surface area contributed by atoms with Crippen LogP contribution in [-0.4, -0.2) is 15.7 Å². The summed E-state index contributed by atoms with van der Waals surface area (Å²) in [7, 11) is 1.17. The van der Waals surface area contributed by atoms with Gasteiger partial charge in [-0.05, 0) is 29.3 Å². The Labute approximate surface area is 166 Å². The lowest BCUT2D eigenvalue weighted by Gasteiger charge is -2.13. The molecule has 146 valence electrons. The van der Waals surface area contributed by atoms with Crippen LogP contribution in [0, 0.1) is 5.82 Å². The van der Waals surface area contributed by atoms with Crippen LogP contribution in [0.15, 0.2) is 36.4 Å². The van der Waals surface area contributed by atoms with Gasteiger partial charge in [0.25, 0.3) is 5.91 Å². The van der Waals surface area contributed by atoms with E-state index in [2.05, 4.69) is 5.10 Å². The summed E-state index contributed by atoms with van der Waals surface area (Å²) >= 11 is 11.9. The lowest BCUT2D eigenvalue weighted by molar-refractivity contribution is -0.141. The van der Waals surface area contributed by atoms with Crippen LogP contribution in [0.4, 0.5) is 17.6 Å². The van der Waals surface area contributed by atoms with Crippen molar-refractivity contribution in [2.24, 2.45) is 12.8 Å². The topological polar surface area (TPSA) is 60.9 Å². The fourth-order valence-electron chi connectivity index (χ4n) is 2.91. The number of carbonyl (C=O) groups excluding carboxylic acids is 1. The van der Waals surface area contributed by atoms with Gasteiger partial charge in [-0.15, -0.1) is 0 Å². The normalized spacial score (nSPS) is 11.7. The van der Waals surface area contributed by atoms with Gasteiger partial charge in [0.1, 0.15) is 5.82 Å². The van der Waals surface area contributed by atoms with Gasteiger partial charge in [0.15, 0.2) is 5.69 Å². The number of benzene rings is 2. The number of halogens is 6. The number of nitrogens with two attached hydrogens (primary N) is 1. The summed E-state index contributed by atoms with van der Waals surface area (Å²) < 4.78 is 55.6. The van der Waals surface area contributed by atoms with Gasteiger partial charge < -0.3 is 5.73 Å². The van der Waals surface area contributed by atoms with Crippen LogP contribution in [0.25, 0.3) is 22.4 Å². The number of rotatable bonds is 3. The van der Waals surface area contributed by atoms with Gasteiger partial charge in [-0.3, -0.25) is 9.48 Å². The molecule has 3 aromatic rings. The maximum Gasteiger partial charge on any atom is 0.435 e. The largest absolute Gasteiger partial charge is 0.435 e. The molecule has 0 saturated carbocycles. The highest BCUT2D eigenvalue weighted by atomic mass is 35.5. The maximum absolute atomic E-state index is 14.8. The van der Waals surface area contributed by atoms with Gasteiger partial charge in [-0.25, -0.2) is 4.39 Å². The van der Waals surface area contributed by atoms with E-state index in [1.807, 2.05) is 0 Å². The minimum Gasteiger partial charge on any atom is -0.365 e. The summed E-state index contributed by atoms with van der Waals surface area (Å²) in [6.45, 7) is 0. The zero-order valence-corrected chi connectivity index (χ0v) is 15.6. The Morgan fingerprint density at radius 1 is 1.14 bits per heavy atom. The van der Waals surface area contributed by atoms with Gasteiger partial charge >= 0.3 is 6.18 Å². The highest BCUT2D eigenvalue weighted by Crippen LogP contribution is 2.41. The number of primary amides is 1. The van der Waals surface area contributed by atoms with Crippen LogP contribution < -0.4 is 5.73 Å². The molecular weight excluding hydrogens is 421 g/mol. The summed E-state index contributed by atoms with van der Waals surface area (Å²) in [5.74, 6) is -2.23. The molecule has 0 aliphatic carbocycles. The Kier molecular flexibility index (Phi) is 5.12. The Morgan fingerprint density at radius 2 is 1.82 bits per heavy atom. The molecule has 1 amide bonds. The van der Waals surface area contributed by atoms with E-state index in [0.29, 0.717) is 5.56 Å². The molecule has 4 nitrogen and oxygen atoms in total. The Balaban J connectivity index is 2.39. The van der Waals surface area contributed by atoms with Gasteiger partial charge in [-0.2, -0.15) is 18.3 Å². The predicted molar refractivity (Wildman–Crippen MR) is 97.6 cm³/mol. The minimum atomic E-state index is -4.95. The third-order valence-electron chi connectivity index (χ3n) is 4.04. The number of aromatic nitrogens is 2. The molecule has 10 heteroatoms. The molecule has 0 radical (unpaired) electrons. The average molecular weight is 432 g/mol. The van der Waals surface area contributed by atoms with Crippen LogP contribution in [0.2, 0.25) is 10.0 Å². The first-order chi connectivity index (χ1) is 13.0. The molecule has 0 aliphatic rings. The predicted octanol–water partition coefficient (Wildman–Crippen LogP) is 5.32. The van der Waals surface area contributed by atoms with Crippen LogP contribution in [0.3, 0.4) is 0 Å². The summed E-state index contributed by atoms with van der Waals surface area (Å²) in [6.07, 6.45) is -4.95. The number of nitrogens with zero attached hydrogens (tertiary/aromatic N) is 2. The van der Waals surface area contributed by atoms with Crippen LogP contribution in [0.5, 0.6) is 0 Å². The number of carbonyl (C=O) groups is 1. The number of amides is 1. The minimum absolute atomic E-state index is 0.172. The van der Waals surface area contributed by atoms with Gasteiger partial charge in [-0.1, -0.05) is 41.4 Å². The molecule has 2 N–H and O–H groups in total. The van der Waals surface area contributed by atoms with Gasteiger partial charge in [0.2, 0.25) is 0 Å². The highest BCUT2D eigenvalue weighted by molar-refractivity contribution is 6.42. The molecule has 3 rings (SSSR count). The second kappa shape index (κ2) is 7.10. The molecule has 0 aliphatic heterocycles. The monoisotopic (exact) mass is 431 g/mol. The van der Waals surface area contributed by atoms with Crippen LogP contribution in [-0.2, 0) is 13.2 Å². The molecule has 0 spiro atoms. The Bertz CT molecular complexity index is 1090. The van der Waals surface area contributed by atoms with Gasteiger partial charge in [0.05, 0.1) is 21.3 Å². The highest BCUT2D eigenvalue weighted by Gasteiger charge is 2.41. The van der Waals surface area contributed by atoms with Crippen LogP contribution >= 0.6 is 23.2 Å². The third kappa shape index (κ3) is 3.45. The average Bonchev–Trinajstić information content (AvgIpc) is 2.95. The summed E-state index contributed by atoms with van der Waals surface area (Å²) in [5.41, 5.74) is 2.71. The van der Waals surface area contributed by atoms with Crippen molar-refractivity contribution in [3.05, 3.63) is 63.5 Å². The second-order valence-electron chi connectivity index (χ2n) is 5.85. The molecule has 28 heavy (non-hydrogen) atoms. The molecule has 0 fully saturated rings. The first-order valence-electron chi connectivity index (χ1n) is 7.70. The van der Waals surface area contributed by atoms with E-state index >= 15 is 0 Å². The van der Waals surface area contributed by atoms with E-state index in [0.717, 1.165) is 10.7 Å². The fraction of sp³-hybridized carbons (Fsp3) is 0.111. The smallest absolute Gasteiger partial charge is 0.365 e. The van der Waals surface area contributed by atoms with Crippen LogP contribution in [0.1, 0.15) is 16.1 Å². The fourth-order valence-corrected chi connectivity index (χ4v) is 3.21. The first kappa shape index (κ1) is 20.2. The Hall–Kier alpha value is -2.58. The van der Waals surface area contributed by atoms with Crippen molar-refractivity contribution < 1.29 is 22.4 Å². The first-order valence-corrected chi connectivity index (χ1v) is 8.46. The van der Waals surface area contributed by atoms with E-state index in [1.54, 1.807) is 0 Å². The zero-order valence-electron chi connectivity index (χ0n) is 14.1. The van der Waals surface area contributed by atoms with Crippen molar-refractivity contribution in [3.63, 3.8) is 0 Å². The molecule has 0 bridgehead atoms. The summed E-state index contributed by atoms with van der Waals surface area (Å²) in [5, 5.41) is 3.79. The second-order valence-corrected chi connectivity index (χ2v) is 6.66. The molecular formula is C18H11Cl2F4N3O. The van der Waals surface area contributed by atoms with E-state index < -0.39 is 29.2 Å². The number of alkyl halides is 3. The molecule has 0 unspecified atom stereocenters. The quantitative estimate of drug-likeness (QED) is 0.570. The molecule has 1 aromatic heterocycles. The molecule has 1 heterocycles. The standard InChI is InChI=1S/C18H11Cl2F4N3O/c1-27-15(14(17(25)28)16(26-27)18(22,23)24)13-9(3-2-4-12(13)21)8-5-6-10(19)11(20)7-8/h2-7H,1H3,(H2,25,28). The summed E-state index contributed by atoms with van der Waals surface area (Å²) in [4.78, 5) is 11.8. The van der Waals surface area contributed by atoms with Crippen molar-refractivity contribution in [1.82, 2.24) is 9.78 Å². The SMILES string of the molecule is Cn1nc(C(F)(F)F)c(C(N)=O)c1-c1c(F)cccc1-c1ccc(Cl)c(Cl)c1. The number of hydrogen-bond acceptors (Lipinski definition) is 2. The van der Waals surface area contributed by atoms with Crippen molar-refractivity contribution in [2.45, 2.75) is 6.18 Å². The molecule has 0 atom stereocenters. The van der Waals surface area contributed by atoms with E-state index in [1.165, 1.54) is 37.4 Å². The third-order valence-corrected chi connectivity index (χ3v) is 4.78. The Morgan fingerprint density at radius 3 is 2.39 bits per heavy atom. The molecule has 2 aromatic carbocycles. The van der Waals surface area contributed by atoms with E-state index in [4.69, 9.17) is 28.9 Å². The van der Waals surface area contributed by atoms with Crippen molar-refractivity contribution in [3.8, 4) is 22.4 Å². The maximum atomic E-state index is 14.8. The van der Waals surface area contributed by atoms with Crippen molar-refractivity contribution >= 4 is 29.1 Å².